The number of hydrogen-bond donors (Lipinski definition) is 1. The van der Waals surface area contributed by atoms with Crippen LogP contribution in [0.25, 0.3) is 0 Å². The van der Waals surface area contributed by atoms with Crippen LogP contribution >= 0.6 is 0 Å². The molecule has 102 valence electrons. The highest BCUT2D eigenvalue weighted by atomic mass is 16.1. The smallest absolute Gasteiger partial charge is 0.144 e. The van der Waals surface area contributed by atoms with Crippen LogP contribution in [0.4, 0.5) is 5.69 Å². The highest BCUT2D eigenvalue weighted by Gasteiger charge is 2.25. The molecule has 2 heteroatoms. The van der Waals surface area contributed by atoms with E-state index in [0.717, 1.165) is 29.8 Å². The minimum atomic E-state index is 0.0352. The van der Waals surface area contributed by atoms with Crippen molar-refractivity contribution in [1.29, 1.82) is 0 Å². The summed E-state index contributed by atoms with van der Waals surface area (Å²) in [6.45, 7) is 2.94. The Balaban J connectivity index is 1.82. The van der Waals surface area contributed by atoms with E-state index in [0.29, 0.717) is 12.2 Å². The molecule has 0 saturated heterocycles. The van der Waals surface area contributed by atoms with E-state index in [9.17, 15) is 4.79 Å². The predicted molar refractivity (Wildman–Crippen MR) is 82.2 cm³/mol. The van der Waals surface area contributed by atoms with Gasteiger partial charge in [0.2, 0.25) is 0 Å². The minimum absolute atomic E-state index is 0.0352. The van der Waals surface area contributed by atoms with Gasteiger partial charge in [-0.05, 0) is 30.5 Å². The lowest BCUT2D eigenvalue weighted by Crippen LogP contribution is -2.24. The van der Waals surface area contributed by atoms with Crippen molar-refractivity contribution in [3.05, 3.63) is 65.2 Å². The number of Topliss-reactive ketones (excluding diaryl/α,β-unsaturated/α-hetero) is 1. The molecule has 2 nitrogen and oxygen atoms in total. The molecule has 1 heterocycles. The van der Waals surface area contributed by atoms with Gasteiger partial charge < -0.3 is 5.32 Å². The molecule has 0 radical (unpaired) electrons. The van der Waals surface area contributed by atoms with Crippen molar-refractivity contribution in [1.82, 2.24) is 0 Å². The minimum Gasteiger partial charge on any atom is -0.385 e. The van der Waals surface area contributed by atoms with Gasteiger partial charge in [0.1, 0.15) is 5.78 Å². The summed E-state index contributed by atoms with van der Waals surface area (Å²) in [5, 5.41) is 3.37. The molecule has 0 aromatic heterocycles. The Morgan fingerprint density at radius 2 is 2.05 bits per heavy atom. The Kier molecular flexibility index (Phi) is 3.55. The second-order valence-corrected chi connectivity index (χ2v) is 5.49. The van der Waals surface area contributed by atoms with Crippen molar-refractivity contribution in [3.8, 4) is 0 Å². The van der Waals surface area contributed by atoms with Crippen LogP contribution in [0.1, 0.15) is 29.0 Å². The Bertz CT molecular complexity index is 633. The average molecular weight is 265 g/mol. The van der Waals surface area contributed by atoms with Gasteiger partial charge in [0.15, 0.2) is 0 Å². The predicted octanol–water partition coefficient (Wildman–Crippen LogP) is 3.71. The fraction of sp³-hybridized carbons (Fsp3) is 0.278. The van der Waals surface area contributed by atoms with E-state index in [1.807, 2.05) is 24.3 Å². The van der Waals surface area contributed by atoms with Crippen molar-refractivity contribution < 1.29 is 4.79 Å². The molecule has 0 bridgehead atoms. The summed E-state index contributed by atoms with van der Waals surface area (Å²) in [5.74, 6) is 0.359. The maximum Gasteiger partial charge on any atom is 0.144 e. The molecule has 2 aromatic rings. The zero-order valence-corrected chi connectivity index (χ0v) is 11.7. The Morgan fingerprint density at radius 3 is 2.90 bits per heavy atom. The summed E-state index contributed by atoms with van der Waals surface area (Å²) < 4.78 is 0. The van der Waals surface area contributed by atoms with Crippen LogP contribution in [-0.2, 0) is 11.2 Å². The number of rotatable bonds is 3. The van der Waals surface area contributed by atoms with Gasteiger partial charge in [-0.25, -0.2) is 0 Å². The van der Waals surface area contributed by atoms with E-state index in [1.165, 1.54) is 5.56 Å². The zero-order chi connectivity index (χ0) is 13.9. The van der Waals surface area contributed by atoms with Gasteiger partial charge in [0.05, 0.1) is 0 Å². The first-order valence-electron chi connectivity index (χ1n) is 7.15. The van der Waals surface area contributed by atoms with E-state index < -0.39 is 0 Å². The number of anilines is 1. The molecule has 3 rings (SSSR count). The van der Waals surface area contributed by atoms with Gasteiger partial charge in [-0.1, -0.05) is 48.0 Å². The number of carbonyl (C=O) groups excluding carboxylic acids is 1. The lowest BCUT2D eigenvalue weighted by atomic mass is 9.85. The summed E-state index contributed by atoms with van der Waals surface area (Å²) in [5.41, 5.74) is 4.59. The van der Waals surface area contributed by atoms with Crippen LogP contribution in [0.2, 0.25) is 0 Å². The van der Waals surface area contributed by atoms with E-state index in [4.69, 9.17) is 0 Å². The number of aryl methyl sites for hydroxylation is 1. The number of fused-ring (bicyclic) bond motifs is 1. The Labute approximate surface area is 119 Å². The van der Waals surface area contributed by atoms with Crippen LogP contribution in [0.15, 0.2) is 48.5 Å². The molecular weight excluding hydrogens is 246 g/mol. The fourth-order valence-electron chi connectivity index (χ4n) is 2.95. The summed E-state index contributed by atoms with van der Waals surface area (Å²) >= 11 is 0. The van der Waals surface area contributed by atoms with Gasteiger partial charge in [0, 0.05) is 24.6 Å². The number of benzene rings is 2. The molecule has 2 aromatic carbocycles. The number of hydrogen-bond acceptors (Lipinski definition) is 2. The van der Waals surface area contributed by atoms with Gasteiger partial charge in [-0.15, -0.1) is 0 Å². The number of ketones is 1. The molecule has 0 saturated carbocycles. The molecule has 1 N–H and O–H groups in total. The first-order valence-corrected chi connectivity index (χ1v) is 7.15. The molecule has 0 aliphatic carbocycles. The molecule has 0 fully saturated rings. The van der Waals surface area contributed by atoms with Crippen LogP contribution < -0.4 is 5.32 Å². The topological polar surface area (TPSA) is 29.1 Å². The van der Waals surface area contributed by atoms with E-state index in [-0.39, 0.29) is 5.92 Å². The van der Waals surface area contributed by atoms with Gasteiger partial charge in [0.25, 0.3) is 0 Å². The van der Waals surface area contributed by atoms with E-state index in [2.05, 4.69) is 36.5 Å². The third-order valence-corrected chi connectivity index (χ3v) is 3.93. The van der Waals surface area contributed by atoms with Gasteiger partial charge in [-0.2, -0.15) is 0 Å². The molecule has 1 aliphatic heterocycles. The summed E-state index contributed by atoms with van der Waals surface area (Å²) in [7, 11) is 0. The van der Waals surface area contributed by atoms with Gasteiger partial charge in [-0.3, -0.25) is 4.79 Å². The summed E-state index contributed by atoms with van der Waals surface area (Å²) in [6, 6.07) is 16.4. The van der Waals surface area contributed by atoms with Crippen molar-refractivity contribution in [2.24, 2.45) is 0 Å². The van der Waals surface area contributed by atoms with Crippen molar-refractivity contribution >= 4 is 11.5 Å². The van der Waals surface area contributed by atoms with E-state index in [1.54, 1.807) is 0 Å². The lowest BCUT2D eigenvalue weighted by molar-refractivity contribution is -0.120. The van der Waals surface area contributed by atoms with Crippen LogP contribution in [0.5, 0.6) is 0 Å². The normalized spacial score (nSPS) is 17.1. The SMILES string of the molecule is Cc1cccc(CC(=O)C2CCNc3ccccc32)c1. The molecule has 0 amide bonds. The van der Waals surface area contributed by atoms with Crippen LogP contribution in [-0.4, -0.2) is 12.3 Å². The first kappa shape index (κ1) is 12.9. The lowest BCUT2D eigenvalue weighted by Gasteiger charge is -2.25. The highest BCUT2D eigenvalue weighted by molar-refractivity contribution is 5.89. The number of carbonyl (C=O) groups is 1. The maximum absolute atomic E-state index is 12.6. The van der Waals surface area contributed by atoms with E-state index >= 15 is 0 Å². The monoisotopic (exact) mass is 265 g/mol. The molecule has 1 unspecified atom stereocenters. The molecule has 0 spiro atoms. The Morgan fingerprint density at radius 1 is 1.20 bits per heavy atom. The first-order chi connectivity index (χ1) is 9.74. The van der Waals surface area contributed by atoms with Crippen molar-refractivity contribution in [3.63, 3.8) is 0 Å². The summed E-state index contributed by atoms with van der Waals surface area (Å²) in [6.07, 6.45) is 1.42. The van der Waals surface area contributed by atoms with Crippen molar-refractivity contribution in [2.75, 3.05) is 11.9 Å². The standard InChI is InChI=1S/C18H19NO/c1-13-5-4-6-14(11-13)12-18(20)16-9-10-19-17-8-3-2-7-15(16)17/h2-8,11,16,19H,9-10,12H2,1H3. The average Bonchev–Trinajstić information content (AvgIpc) is 2.46. The third-order valence-electron chi connectivity index (χ3n) is 3.93. The fourth-order valence-corrected chi connectivity index (χ4v) is 2.95. The maximum atomic E-state index is 12.6. The van der Waals surface area contributed by atoms with Crippen molar-refractivity contribution in [2.45, 2.75) is 25.7 Å². The number of nitrogens with one attached hydrogen (secondary N) is 1. The van der Waals surface area contributed by atoms with Crippen LogP contribution in [0, 0.1) is 6.92 Å². The van der Waals surface area contributed by atoms with Gasteiger partial charge >= 0.3 is 0 Å². The number of para-hydroxylation sites is 1. The summed E-state index contributed by atoms with van der Waals surface area (Å²) in [4.78, 5) is 12.6. The molecule has 20 heavy (non-hydrogen) atoms. The third kappa shape index (κ3) is 2.60. The molecule has 1 aliphatic rings. The zero-order valence-electron chi connectivity index (χ0n) is 11.7. The quantitative estimate of drug-likeness (QED) is 0.916. The molecule has 1 atom stereocenters. The largest absolute Gasteiger partial charge is 0.385 e. The Hall–Kier alpha value is -2.09. The molecular formula is C18H19NO. The van der Waals surface area contributed by atoms with Crippen LogP contribution in [0.3, 0.4) is 0 Å². The highest BCUT2D eigenvalue weighted by Crippen LogP contribution is 2.32. The second-order valence-electron chi connectivity index (χ2n) is 5.49. The second kappa shape index (κ2) is 5.49.